The predicted molar refractivity (Wildman–Crippen MR) is 78.0 cm³/mol. The van der Waals surface area contributed by atoms with Gasteiger partial charge in [0.05, 0.1) is 11.7 Å². The standard InChI is InChI=1S/C15H17F3N2S/c1-4-19-14(15-20-12(7-21-15)8(2)3)9-5-10(16)13(18)11(17)6-9/h5-8,14,19H,4H2,1-3H3. The van der Waals surface area contributed by atoms with E-state index in [0.717, 1.165) is 17.8 Å². The van der Waals surface area contributed by atoms with Crippen molar-refractivity contribution in [3.05, 3.63) is 51.2 Å². The monoisotopic (exact) mass is 314 g/mol. The summed E-state index contributed by atoms with van der Waals surface area (Å²) in [5, 5.41) is 5.78. The van der Waals surface area contributed by atoms with Crippen molar-refractivity contribution >= 4 is 11.3 Å². The maximum Gasteiger partial charge on any atom is 0.194 e. The van der Waals surface area contributed by atoms with Crippen molar-refractivity contribution in [2.75, 3.05) is 6.54 Å². The van der Waals surface area contributed by atoms with Crippen LogP contribution in [0, 0.1) is 17.5 Å². The van der Waals surface area contributed by atoms with Crippen molar-refractivity contribution in [1.29, 1.82) is 0 Å². The van der Waals surface area contributed by atoms with Gasteiger partial charge in [0, 0.05) is 5.38 Å². The van der Waals surface area contributed by atoms with E-state index in [-0.39, 0.29) is 5.92 Å². The fourth-order valence-corrected chi connectivity index (χ4v) is 3.07. The van der Waals surface area contributed by atoms with Crippen LogP contribution in [0.2, 0.25) is 0 Å². The van der Waals surface area contributed by atoms with Crippen LogP contribution < -0.4 is 5.32 Å². The van der Waals surface area contributed by atoms with Crippen molar-refractivity contribution in [3.63, 3.8) is 0 Å². The van der Waals surface area contributed by atoms with Gasteiger partial charge in [-0.1, -0.05) is 20.8 Å². The number of rotatable bonds is 5. The average Bonchev–Trinajstić information content (AvgIpc) is 2.91. The van der Waals surface area contributed by atoms with Gasteiger partial charge in [-0.25, -0.2) is 18.2 Å². The lowest BCUT2D eigenvalue weighted by Gasteiger charge is -2.16. The van der Waals surface area contributed by atoms with E-state index in [1.54, 1.807) is 0 Å². The highest BCUT2D eigenvalue weighted by Crippen LogP contribution is 2.29. The Morgan fingerprint density at radius 1 is 1.19 bits per heavy atom. The van der Waals surface area contributed by atoms with Crippen molar-refractivity contribution in [3.8, 4) is 0 Å². The summed E-state index contributed by atoms with van der Waals surface area (Å²) in [6, 6.07) is 1.58. The Balaban J connectivity index is 2.42. The van der Waals surface area contributed by atoms with E-state index in [1.165, 1.54) is 11.3 Å². The van der Waals surface area contributed by atoms with Crippen LogP contribution in [-0.2, 0) is 0 Å². The molecule has 1 N–H and O–H groups in total. The Morgan fingerprint density at radius 3 is 2.29 bits per heavy atom. The summed E-state index contributed by atoms with van der Waals surface area (Å²) in [7, 11) is 0. The molecule has 1 heterocycles. The van der Waals surface area contributed by atoms with Crippen LogP contribution in [0.25, 0.3) is 0 Å². The lowest BCUT2D eigenvalue weighted by molar-refractivity contribution is 0.442. The molecule has 1 aromatic heterocycles. The number of nitrogens with one attached hydrogen (secondary N) is 1. The molecule has 0 aliphatic heterocycles. The fourth-order valence-electron chi connectivity index (χ4n) is 1.99. The molecule has 0 aliphatic carbocycles. The Bertz CT molecular complexity index is 602. The lowest BCUT2D eigenvalue weighted by Crippen LogP contribution is -2.22. The molecule has 2 rings (SSSR count). The maximum absolute atomic E-state index is 13.4. The van der Waals surface area contributed by atoms with Crippen LogP contribution in [0.15, 0.2) is 17.5 Å². The van der Waals surface area contributed by atoms with Crippen LogP contribution in [0.4, 0.5) is 13.2 Å². The first-order chi connectivity index (χ1) is 9.93. The first-order valence-electron chi connectivity index (χ1n) is 6.77. The summed E-state index contributed by atoms with van der Waals surface area (Å²) >= 11 is 1.42. The van der Waals surface area contributed by atoms with Gasteiger partial charge in [-0.3, -0.25) is 0 Å². The second-order valence-electron chi connectivity index (χ2n) is 5.05. The van der Waals surface area contributed by atoms with E-state index in [9.17, 15) is 13.2 Å². The summed E-state index contributed by atoms with van der Waals surface area (Å²) in [4.78, 5) is 4.50. The molecule has 1 unspecified atom stereocenters. The van der Waals surface area contributed by atoms with Gasteiger partial charge >= 0.3 is 0 Å². The second kappa shape index (κ2) is 6.58. The quantitative estimate of drug-likeness (QED) is 0.828. The fraction of sp³-hybridized carbons (Fsp3) is 0.400. The number of benzene rings is 1. The number of halogens is 3. The summed E-state index contributed by atoms with van der Waals surface area (Å²) in [5.41, 5.74) is 1.26. The molecule has 1 atom stereocenters. The number of thiazole rings is 1. The highest BCUT2D eigenvalue weighted by atomic mass is 32.1. The highest BCUT2D eigenvalue weighted by molar-refractivity contribution is 7.09. The first-order valence-corrected chi connectivity index (χ1v) is 7.65. The van der Waals surface area contributed by atoms with Gasteiger partial charge in [0.25, 0.3) is 0 Å². The van der Waals surface area contributed by atoms with E-state index in [1.807, 2.05) is 26.2 Å². The van der Waals surface area contributed by atoms with Gasteiger partial charge in [-0.15, -0.1) is 11.3 Å². The maximum atomic E-state index is 13.4. The van der Waals surface area contributed by atoms with E-state index < -0.39 is 23.5 Å². The Hall–Kier alpha value is -1.40. The van der Waals surface area contributed by atoms with Gasteiger partial charge in [0.15, 0.2) is 17.5 Å². The average molecular weight is 314 g/mol. The van der Waals surface area contributed by atoms with Crippen LogP contribution in [-0.4, -0.2) is 11.5 Å². The molecule has 21 heavy (non-hydrogen) atoms. The third-order valence-electron chi connectivity index (χ3n) is 3.13. The van der Waals surface area contributed by atoms with Gasteiger partial charge in [0.2, 0.25) is 0 Å². The van der Waals surface area contributed by atoms with Crippen molar-refractivity contribution < 1.29 is 13.2 Å². The topological polar surface area (TPSA) is 24.9 Å². The minimum absolute atomic E-state index is 0.277. The van der Waals surface area contributed by atoms with Gasteiger partial charge < -0.3 is 5.32 Å². The van der Waals surface area contributed by atoms with Crippen LogP contribution in [0.1, 0.15) is 49.0 Å². The van der Waals surface area contributed by atoms with Crippen LogP contribution in [0.3, 0.4) is 0 Å². The van der Waals surface area contributed by atoms with Crippen LogP contribution >= 0.6 is 11.3 Å². The number of hydrogen-bond donors (Lipinski definition) is 1. The largest absolute Gasteiger partial charge is 0.305 e. The zero-order chi connectivity index (χ0) is 15.6. The van der Waals surface area contributed by atoms with E-state index in [4.69, 9.17) is 0 Å². The molecule has 2 aromatic rings. The minimum Gasteiger partial charge on any atom is -0.305 e. The highest BCUT2D eigenvalue weighted by Gasteiger charge is 2.21. The summed E-state index contributed by atoms with van der Waals surface area (Å²) in [5.74, 6) is -3.54. The van der Waals surface area contributed by atoms with Crippen molar-refractivity contribution in [1.82, 2.24) is 10.3 Å². The molecule has 0 radical (unpaired) electrons. The molecule has 0 bridgehead atoms. The van der Waals surface area contributed by atoms with Crippen LogP contribution in [0.5, 0.6) is 0 Å². The Labute approximate surface area is 126 Å². The molecule has 0 fully saturated rings. The third kappa shape index (κ3) is 3.44. The number of aromatic nitrogens is 1. The van der Waals surface area contributed by atoms with Gasteiger partial charge in [-0.05, 0) is 30.2 Å². The number of hydrogen-bond acceptors (Lipinski definition) is 3. The molecule has 1 aromatic carbocycles. The molecule has 0 aliphatic rings. The summed E-state index contributed by atoms with van der Waals surface area (Å²) < 4.78 is 39.9. The second-order valence-corrected chi connectivity index (χ2v) is 5.94. The normalized spacial score (nSPS) is 12.9. The number of nitrogens with zero attached hydrogens (tertiary/aromatic N) is 1. The Kier molecular flexibility index (Phi) is 5.00. The van der Waals surface area contributed by atoms with Crippen molar-refractivity contribution in [2.45, 2.75) is 32.7 Å². The SMILES string of the molecule is CCNC(c1cc(F)c(F)c(F)c1)c1nc(C(C)C)cs1. The zero-order valence-electron chi connectivity index (χ0n) is 12.1. The molecule has 6 heteroatoms. The minimum atomic E-state index is -1.45. The van der Waals surface area contributed by atoms with E-state index in [0.29, 0.717) is 17.1 Å². The molecule has 2 nitrogen and oxygen atoms in total. The first kappa shape index (κ1) is 16.0. The smallest absolute Gasteiger partial charge is 0.194 e. The molecular formula is C15H17F3N2S. The van der Waals surface area contributed by atoms with E-state index in [2.05, 4.69) is 10.3 Å². The zero-order valence-corrected chi connectivity index (χ0v) is 12.9. The Morgan fingerprint density at radius 2 is 1.81 bits per heavy atom. The molecule has 0 saturated heterocycles. The molecule has 0 amide bonds. The lowest BCUT2D eigenvalue weighted by atomic mass is 10.1. The molecule has 0 spiro atoms. The van der Waals surface area contributed by atoms with E-state index >= 15 is 0 Å². The predicted octanol–water partition coefficient (Wildman–Crippen LogP) is 4.38. The molecule has 114 valence electrons. The molecular weight excluding hydrogens is 297 g/mol. The van der Waals surface area contributed by atoms with Gasteiger partial charge in [-0.2, -0.15) is 0 Å². The van der Waals surface area contributed by atoms with Crippen molar-refractivity contribution in [2.24, 2.45) is 0 Å². The summed E-state index contributed by atoms with van der Waals surface area (Å²) in [6.07, 6.45) is 0. The summed E-state index contributed by atoms with van der Waals surface area (Å²) in [6.45, 7) is 6.54. The third-order valence-corrected chi connectivity index (χ3v) is 4.05. The molecule has 0 saturated carbocycles. The van der Waals surface area contributed by atoms with Gasteiger partial charge in [0.1, 0.15) is 5.01 Å².